The van der Waals surface area contributed by atoms with Crippen LogP contribution in [-0.2, 0) is 0 Å². The number of rotatable bonds is 2. The summed E-state index contributed by atoms with van der Waals surface area (Å²) in [5, 5.41) is 11.2. The molecule has 0 aromatic heterocycles. The van der Waals surface area contributed by atoms with Gasteiger partial charge in [-0.1, -0.05) is 29.8 Å². The highest BCUT2D eigenvalue weighted by Gasteiger charge is 2.09. The molecule has 0 aliphatic rings. The van der Waals surface area contributed by atoms with Crippen LogP contribution in [0.15, 0.2) is 42.5 Å². The van der Waals surface area contributed by atoms with E-state index in [-0.39, 0.29) is 5.69 Å². The molecular formula is C12H9ClN2O2. The lowest BCUT2D eigenvalue weighted by Gasteiger charge is -2.05. The summed E-state index contributed by atoms with van der Waals surface area (Å²) in [4.78, 5) is 10.2. The zero-order chi connectivity index (χ0) is 12.4. The van der Waals surface area contributed by atoms with Gasteiger partial charge in [0.15, 0.2) is 0 Å². The van der Waals surface area contributed by atoms with Crippen LogP contribution in [-0.4, -0.2) is 4.92 Å². The first-order valence-corrected chi connectivity index (χ1v) is 5.25. The number of nitrogens with two attached hydrogens (primary N) is 1. The number of benzene rings is 2. The molecule has 0 saturated carbocycles. The minimum absolute atomic E-state index is 0.0374. The Bertz CT molecular complexity index is 584. The third-order valence-corrected chi connectivity index (χ3v) is 2.67. The molecule has 0 amide bonds. The number of anilines is 1. The Morgan fingerprint density at radius 3 is 2.59 bits per heavy atom. The fourth-order valence-electron chi connectivity index (χ4n) is 1.55. The first-order valence-electron chi connectivity index (χ1n) is 4.88. The predicted molar refractivity (Wildman–Crippen MR) is 68.0 cm³/mol. The second-order valence-electron chi connectivity index (χ2n) is 3.55. The third kappa shape index (κ3) is 2.37. The van der Waals surface area contributed by atoms with Gasteiger partial charge in [-0.2, -0.15) is 0 Å². The summed E-state index contributed by atoms with van der Waals surface area (Å²) in [6.45, 7) is 0. The van der Waals surface area contributed by atoms with Gasteiger partial charge < -0.3 is 5.73 Å². The Morgan fingerprint density at radius 1 is 1.18 bits per heavy atom. The van der Waals surface area contributed by atoms with E-state index in [9.17, 15) is 10.1 Å². The molecule has 2 aromatic carbocycles. The fraction of sp³-hybridized carbons (Fsp3) is 0. The van der Waals surface area contributed by atoms with Crippen molar-refractivity contribution in [3.8, 4) is 11.1 Å². The highest BCUT2D eigenvalue weighted by Crippen LogP contribution is 2.31. The molecule has 0 spiro atoms. The molecule has 2 N–H and O–H groups in total. The number of hydrogen-bond acceptors (Lipinski definition) is 3. The molecule has 2 aromatic rings. The summed E-state index contributed by atoms with van der Waals surface area (Å²) in [5.41, 5.74) is 7.61. The van der Waals surface area contributed by atoms with Gasteiger partial charge in [0.2, 0.25) is 0 Å². The molecule has 0 bridgehead atoms. The summed E-state index contributed by atoms with van der Waals surface area (Å²) in [6.07, 6.45) is 0. The molecule has 0 aliphatic heterocycles. The molecule has 86 valence electrons. The SMILES string of the molecule is Nc1ccc(-c2cccc([N+](=O)[O-])c2)c(Cl)c1. The topological polar surface area (TPSA) is 69.2 Å². The fourth-order valence-corrected chi connectivity index (χ4v) is 1.85. The van der Waals surface area contributed by atoms with Crippen LogP contribution in [0.5, 0.6) is 0 Å². The lowest BCUT2D eigenvalue weighted by molar-refractivity contribution is -0.384. The molecule has 2 rings (SSSR count). The van der Waals surface area contributed by atoms with Crippen molar-refractivity contribution < 1.29 is 4.92 Å². The van der Waals surface area contributed by atoms with Crippen molar-refractivity contribution in [2.75, 3.05) is 5.73 Å². The minimum Gasteiger partial charge on any atom is -0.399 e. The van der Waals surface area contributed by atoms with Crippen LogP contribution in [0.25, 0.3) is 11.1 Å². The van der Waals surface area contributed by atoms with Crippen LogP contribution >= 0.6 is 11.6 Å². The Morgan fingerprint density at radius 2 is 1.94 bits per heavy atom. The number of halogens is 1. The smallest absolute Gasteiger partial charge is 0.270 e. The molecule has 17 heavy (non-hydrogen) atoms. The zero-order valence-corrected chi connectivity index (χ0v) is 9.52. The quantitative estimate of drug-likeness (QED) is 0.502. The molecular weight excluding hydrogens is 240 g/mol. The van der Waals surface area contributed by atoms with Crippen LogP contribution in [0.3, 0.4) is 0 Å². The highest BCUT2D eigenvalue weighted by molar-refractivity contribution is 6.33. The second-order valence-corrected chi connectivity index (χ2v) is 3.95. The number of nitro groups is 1. The molecule has 0 aliphatic carbocycles. The maximum absolute atomic E-state index is 10.7. The normalized spacial score (nSPS) is 10.2. The van der Waals surface area contributed by atoms with Crippen molar-refractivity contribution in [2.24, 2.45) is 0 Å². The second kappa shape index (κ2) is 4.43. The minimum atomic E-state index is -0.436. The standard InChI is InChI=1S/C12H9ClN2O2/c13-12-7-9(14)4-5-11(12)8-2-1-3-10(6-8)15(16)17/h1-7H,14H2. The van der Waals surface area contributed by atoms with Crippen molar-refractivity contribution >= 4 is 23.0 Å². The Kier molecular flexibility index (Phi) is 2.97. The van der Waals surface area contributed by atoms with E-state index >= 15 is 0 Å². The first-order chi connectivity index (χ1) is 8.08. The van der Waals surface area contributed by atoms with Gasteiger partial charge in [-0.05, 0) is 17.7 Å². The molecule has 0 heterocycles. The van der Waals surface area contributed by atoms with Gasteiger partial charge in [-0.15, -0.1) is 0 Å². The lowest BCUT2D eigenvalue weighted by atomic mass is 10.0. The van der Waals surface area contributed by atoms with Crippen LogP contribution in [0.1, 0.15) is 0 Å². The molecule has 0 atom stereocenters. The maximum Gasteiger partial charge on any atom is 0.270 e. The van der Waals surface area contributed by atoms with Gasteiger partial charge in [-0.25, -0.2) is 0 Å². The van der Waals surface area contributed by atoms with Crippen LogP contribution in [0, 0.1) is 10.1 Å². The summed E-state index contributed by atoms with van der Waals surface area (Å²) in [6, 6.07) is 11.4. The lowest BCUT2D eigenvalue weighted by Crippen LogP contribution is -1.89. The Labute approximate surface area is 103 Å². The summed E-state index contributed by atoms with van der Waals surface area (Å²) in [7, 11) is 0. The molecule has 0 unspecified atom stereocenters. The Balaban J connectivity index is 2.53. The maximum atomic E-state index is 10.7. The van der Waals surface area contributed by atoms with E-state index in [0.717, 1.165) is 5.56 Å². The van der Waals surface area contributed by atoms with E-state index in [4.69, 9.17) is 17.3 Å². The van der Waals surface area contributed by atoms with Gasteiger partial charge >= 0.3 is 0 Å². The van der Waals surface area contributed by atoms with Crippen molar-refractivity contribution in [1.82, 2.24) is 0 Å². The highest BCUT2D eigenvalue weighted by atomic mass is 35.5. The number of non-ortho nitro benzene ring substituents is 1. The monoisotopic (exact) mass is 248 g/mol. The molecule has 5 heteroatoms. The third-order valence-electron chi connectivity index (χ3n) is 2.36. The van der Waals surface area contributed by atoms with Crippen molar-refractivity contribution in [3.63, 3.8) is 0 Å². The zero-order valence-electron chi connectivity index (χ0n) is 8.76. The molecule has 0 radical (unpaired) electrons. The van der Waals surface area contributed by atoms with Crippen molar-refractivity contribution in [3.05, 3.63) is 57.6 Å². The van der Waals surface area contributed by atoms with E-state index in [1.165, 1.54) is 12.1 Å². The van der Waals surface area contributed by atoms with E-state index in [1.54, 1.807) is 30.3 Å². The number of hydrogen-bond donors (Lipinski definition) is 1. The van der Waals surface area contributed by atoms with Gasteiger partial charge in [0.25, 0.3) is 5.69 Å². The van der Waals surface area contributed by atoms with Gasteiger partial charge in [0.1, 0.15) is 0 Å². The van der Waals surface area contributed by atoms with E-state index in [0.29, 0.717) is 16.3 Å². The van der Waals surface area contributed by atoms with E-state index in [2.05, 4.69) is 0 Å². The molecule has 4 nitrogen and oxygen atoms in total. The van der Waals surface area contributed by atoms with Gasteiger partial charge in [0, 0.05) is 23.4 Å². The van der Waals surface area contributed by atoms with Crippen LogP contribution < -0.4 is 5.73 Å². The number of nitrogen functional groups attached to an aromatic ring is 1. The summed E-state index contributed by atoms with van der Waals surface area (Å²) < 4.78 is 0. The number of nitrogens with zero attached hydrogens (tertiary/aromatic N) is 1. The van der Waals surface area contributed by atoms with Crippen molar-refractivity contribution in [2.45, 2.75) is 0 Å². The van der Waals surface area contributed by atoms with Crippen molar-refractivity contribution in [1.29, 1.82) is 0 Å². The average Bonchev–Trinajstić information content (AvgIpc) is 2.29. The largest absolute Gasteiger partial charge is 0.399 e. The van der Waals surface area contributed by atoms with E-state index < -0.39 is 4.92 Å². The molecule has 0 saturated heterocycles. The first kappa shape index (κ1) is 11.4. The number of nitro benzene ring substituents is 1. The predicted octanol–water partition coefficient (Wildman–Crippen LogP) is 3.50. The average molecular weight is 249 g/mol. The Hall–Kier alpha value is -2.07. The van der Waals surface area contributed by atoms with Crippen LogP contribution in [0.2, 0.25) is 5.02 Å². The summed E-state index contributed by atoms with van der Waals surface area (Å²) >= 11 is 6.05. The van der Waals surface area contributed by atoms with Gasteiger partial charge in [0.05, 0.1) is 9.95 Å². The summed E-state index contributed by atoms with van der Waals surface area (Å²) in [5.74, 6) is 0. The van der Waals surface area contributed by atoms with E-state index in [1.807, 2.05) is 0 Å². The van der Waals surface area contributed by atoms with Crippen LogP contribution in [0.4, 0.5) is 11.4 Å². The van der Waals surface area contributed by atoms with Gasteiger partial charge in [-0.3, -0.25) is 10.1 Å². The molecule has 0 fully saturated rings.